The molecule has 3 heteroatoms. The molecule has 17 heavy (non-hydrogen) atoms. The molecule has 0 aliphatic rings. The third kappa shape index (κ3) is 4.89. The number of hydrogen-bond acceptors (Lipinski definition) is 2. The fraction of sp³-hybridized carbons (Fsp3) is 0.500. The quantitative estimate of drug-likeness (QED) is 0.874. The van der Waals surface area contributed by atoms with Gasteiger partial charge in [-0.05, 0) is 23.1 Å². The number of likely N-dealkylation sites (N-methyl/N-ethyl adjacent to an activating group) is 1. The van der Waals surface area contributed by atoms with Gasteiger partial charge < -0.3 is 10.0 Å². The van der Waals surface area contributed by atoms with E-state index in [9.17, 15) is 9.90 Å². The van der Waals surface area contributed by atoms with Gasteiger partial charge in [0.2, 0.25) is 5.91 Å². The van der Waals surface area contributed by atoms with Gasteiger partial charge in [0.05, 0.1) is 6.42 Å². The van der Waals surface area contributed by atoms with Gasteiger partial charge in [-0.25, -0.2) is 0 Å². The van der Waals surface area contributed by atoms with Crippen molar-refractivity contribution in [2.24, 2.45) is 5.41 Å². The fourth-order valence-electron chi connectivity index (χ4n) is 1.78. The maximum absolute atomic E-state index is 11.9. The van der Waals surface area contributed by atoms with E-state index in [2.05, 4.69) is 20.8 Å². The van der Waals surface area contributed by atoms with Crippen molar-refractivity contribution in [1.29, 1.82) is 0 Å². The predicted octanol–water partition coefficient (Wildman–Crippen LogP) is 2.44. The smallest absolute Gasteiger partial charge is 0.226 e. The van der Waals surface area contributed by atoms with Crippen molar-refractivity contribution < 1.29 is 9.90 Å². The molecule has 0 aliphatic heterocycles. The van der Waals surface area contributed by atoms with Crippen molar-refractivity contribution in [1.82, 2.24) is 4.90 Å². The Morgan fingerprint density at radius 1 is 1.35 bits per heavy atom. The molecule has 0 aliphatic carbocycles. The number of amides is 1. The van der Waals surface area contributed by atoms with Crippen molar-refractivity contribution in [3.8, 4) is 5.75 Å². The first-order chi connectivity index (χ1) is 7.78. The highest BCUT2D eigenvalue weighted by Crippen LogP contribution is 2.16. The molecule has 1 aromatic rings. The average molecular weight is 235 g/mol. The van der Waals surface area contributed by atoms with Crippen molar-refractivity contribution in [3.63, 3.8) is 0 Å². The standard InChI is InChI=1S/C14H21NO2/c1-14(2,3)10-15(4)13(17)9-11-6-5-7-12(16)8-11/h5-8,16H,9-10H2,1-4H3. The van der Waals surface area contributed by atoms with Crippen LogP contribution in [-0.4, -0.2) is 29.5 Å². The molecule has 0 radical (unpaired) electrons. The van der Waals surface area contributed by atoms with E-state index >= 15 is 0 Å². The van der Waals surface area contributed by atoms with Crippen LogP contribution >= 0.6 is 0 Å². The van der Waals surface area contributed by atoms with Gasteiger partial charge in [-0.1, -0.05) is 32.9 Å². The molecule has 1 amide bonds. The molecule has 0 bridgehead atoms. The first-order valence-corrected chi connectivity index (χ1v) is 5.80. The molecule has 0 fully saturated rings. The van der Waals surface area contributed by atoms with Gasteiger partial charge in [-0.15, -0.1) is 0 Å². The van der Waals surface area contributed by atoms with Crippen LogP contribution in [0.5, 0.6) is 5.75 Å². The number of hydrogen-bond donors (Lipinski definition) is 1. The maximum atomic E-state index is 11.9. The molecule has 0 saturated heterocycles. The molecular weight excluding hydrogens is 214 g/mol. The summed E-state index contributed by atoms with van der Waals surface area (Å²) in [5, 5.41) is 9.33. The van der Waals surface area contributed by atoms with E-state index in [-0.39, 0.29) is 17.1 Å². The highest BCUT2D eigenvalue weighted by molar-refractivity contribution is 5.78. The third-order valence-corrected chi connectivity index (χ3v) is 2.40. The van der Waals surface area contributed by atoms with Gasteiger partial charge in [0.15, 0.2) is 0 Å². The van der Waals surface area contributed by atoms with Crippen LogP contribution < -0.4 is 0 Å². The van der Waals surface area contributed by atoms with Crippen LogP contribution in [0.1, 0.15) is 26.3 Å². The second-order valence-electron chi connectivity index (χ2n) is 5.66. The Morgan fingerprint density at radius 2 is 2.00 bits per heavy atom. The normalized spacial score (nSPS) is 11.3. The van der Waals surface area contributed by atoms with Crippen molar-refractivity contribution >= 4 is 5.91 Å². The number of carbonyl (C=O) groups is 1. The summed E-state index contributed by atoms with van der Waals surface area (Å²) in [6.07, 6.45) is 0.334. The summed E-state index contributed by atoms with van der Waals surface area (Å²) >= 11 is 0. The lowest BCUT2D eigenvalue weighted by molar-refractivity contribution is -0.130. The lowest BCUT2D eigenvalue weighted by Gasteiger charge is -2.26. The molecule has 3 nitrogen and oxygen atoms in total. The van der Waals surface area contributed by atoms with E-state index in [0.29, 0.717) is 6.42 Å². The Morgan fingerprint density at radius 3 is 2.53 bits per heavy atom. The Balaban J connectivity index is 2.60. The molecule has 0 spiro atoms. The largest absolute Gasteiger partial charge is 0.508 e. The first-order valence-electron chi connectivity index (χ1n) is 5.80. The molecule has 94 valence electrons. The van der Waals surface area contributed by atoms with E-state index in [0.717, 1.165) is 12.1 Å². The topological polar surface area (TPSA) is 40.5 Å². The van der Waals surface area contributed by atoms with Gasteiger partial charge in [0.1, 0.15) is 5.75 Å². The minimum absolute atomic E-state index is 0.0746. The number of benzene rings is 1. The number of carbonyl (C=O) groups excluding carboxylic acids is 1. The minimum Gasteiger partial charge on any atom is -0.508 e. The average Bonchev–Trinajstić information content (AvgIpc) is 2.14. The maximum Gasteiger partial charge on any atom is 0.226 e. The molecule has 1 rings (SSSR count). The van der Waals surface area contributed by atoms with Gasteiger partial charge in [-0.3, -0.25) is 4.79 Å². The summed E-state index contributed by atoms with van der Waals surface area (Å²) in [5.74, 6) is 0.277. The van der Waals surface area contributed by atoms with Crippen LogP contribution in [0.4, 0.5) is 0 Å². The number of aromatic hydroxyl groups is 1. The molecule has 1 N–H and O–H groups in total. The summed E-state index contributed by atoms with van der Waals surface area (Å²) < 4.78 is 0. The number of phenols is 1. The van der Waals surface area contributed by atoms with Crippen LogP contribution in [0.25, 0.3) is 0 Å². The van der Waals surface area contributed by atoms with Crippen LogP contribution in [0.3, 0.4) is 0 Å². The Bertz CT molecular complexity index is 393. The predicted molar refractivity (Wildman–Crippen MR) is 68.9 cm³/mol. The van der Waals surface area contributed by atoms with Gasteiger partial charge in [-0.2, -0.15) is 0 Å². The number of nitrogens with zero attached hydrogens (tertiary/aromatic N) is 1. The third-order valence-electron chi connectivity index (χ3n) is 2.40. The summed E-state index contributed by atoms with van der Waals surface area (Å²) in [5.41, 5.74) is 0.944. The van der Waals surface area contributed by atoms with Crippen LogP contribution in [-0.2, 0) is 11.2 Å². The van der Waals surface area contributed by atoms with Gasteiger partial charge >= 0.3 is 0 Å². The Hall–Kier alpha value is -1.51. The van der Waals surface area contributed by atoms with E-state index < -0.39 is 0 Å². The van der Waals surface area contributed by atoms with Crippen molar-refractivity contribution in [3.05, 3.63) is 29.8 Å². The minimum atomic E-state index is 0.0746. The Kier molecular flexibility index (Phi) is 4.16. The molecular formula is C14H21NO2. The lowest BCUT2D eigenvalue weighted by Crippen LogP contribution is -2.35. The van der Waals surface area contributed by atoms with Crippen LogP contribution in [0, 0.1) is 5.41 Å². The zero-order chi connectivity index (χ0) is 13.1. The summed E-state index contributed by atoms with van der Waals surface area (Å²) in [6, 6.07) is 6.83. The van der Waals surface area contributed by atoms with E-state index in [1.165, 1.54) is 0 Å². The molecule has 1 aromatic carbocycles. The second-order valence-corrected chi connectivity index (χ2v) is 5.66. The van der Waals surface area contributed by atoms with Crippen molar-refractivity contribution in [2.75, 3.05) is 13.6 Å². The molecule has 0 unspecified atom stereocenters. The van der Waals surface area contributed by atoms with Crippen LogP contribution in [0.15, 0.2) is 24.3 Å². The molecule has 0 aromatic heterocycles. The van der Waals surface area contributed by atoms with Gasteiger partial charge in [0, 0.05) is 13.6 Å². The van der Waals surface area contributed by atoms with E-state index in [1.807, 2.05) is 13.1 Å². The second kappa shape index (κ2) is 5.21. The zero-order valence-electron chi connectivity index (χ0n) is 11.0. The summed E-state index contributed by atoms with van der Waals surface area (Å²) in [7, 11) is 1.82. The first kappa shape index (κ1) is 13.6. The highest BCUT2D eigenvalue weighted by Gasteiger charge is 2.17. The number of rotatable bonds is 3. The summed E-state index contributed by atoms with van der Waals surface area (Å²) in [4.78, 5) is 13.7. The van der Waals surface area contributed by atoms with Gasteiger partial charge in [0.25, 0.3) is 0 Å². The van der Waals surface area contributed by atoms with Crippen molar-refractivity contribution in [2.45, 2.75) is 27.2 Å². The van der Waals surface area contributed by atoms with Crippen LogP contribution in [0.2, 0.25) is 0 Å². The SMILES string of the molecule is CN(CC(C)(C)C)C(=O)Cc1cccc(O)c1. The number of phenolic OH excluding ortho intramolecular Hbond substituents is 1. The fourth-order valence-corrected chi connectivity index (χ4v) is 1.78. The van der Waals surface area contributed by atoms with E-state index in [4.69, 9.17) is 0 Å². The molecule has 0 heterocycles. The molecule has 0 atom stereocenters. The Labute approximate surface area is 103 Å². The van der Waals surface area contributed by atoms with E-state index in [1.54, 1.807) is 23.1 Å². The monoisotopic (exact) mass is 235 g/mol. The highest BCUT2D eigenvalue weighted by atomic mass is 16.3. The summed E-state index contributed by atoms with van der Waals surface area (Å²) in [6.45, 7) is 7.03. The molecule has 0 saturated carbocycles. The lowest BCUT2D eigenvalue weighted by atomic mass is 9.96. The zero-order valence-corrected chi connectivity index (χ0v) is 11.0.